The monoisotopic (exact) mass is 320 g/mol. The first kappa shape index (κ1) is 14.9. The number of H-pyrrole nitrogens is 1. The third-order valence-corrected chi connectivity index (χ3v) is 3.23. The number of benzene rings is 2. The lowest BCUT2D eigenvalue weighted by Gasteiger charge is -2.09. The van der Waals surface area contributed by atoms with Gasteiger partial charge in [-0.25, -0.2) is 18.0 Å². The lowest BCUT2D eigenvalue weighted by Crippen LogP contribution is -2.29. The molecule has 8 heteroatoms. The molecule has 0 radical (unpaired) electrons. The SMILES string of the molecule is O=C(NCc1c(F)cc(F)cc1F)Nc1ccc2[nH]ncc2c1. The van der Waals surface area contributed by atoms with Gasteiger partial charge < -0.3 is 10.6 Å². The number of anilines is 1. The summed E-state index contributed by atoms with van der Waals surface area (Å²) < 4.78 is 39.7. The molecule has 0 aliphatic carbocycles. The van der Waals surface area contributed by atoms with Crippen LogP contribution in [0.3, 0.4) is 0 Å². The summed E-state index contributed by atoms with van der Waals surface area (Å²) in [6.45, 7) is -0.405. The number of aromatic nitrogens is 2. The minimum Gasteiger partial charge on any atom is -0.334 e. The van der Waals surface area contributed by atoms with Crippen molar-refractivity contribution in [2.45, 2.75) is 6.54 Å². The van der Waals surface area contributed by atoms with Crippen molar-refractivity contribution >= 4 is 22.6 Å². The van der Waals surface area contributed by atoms with Crippen molar-refractivity contribution in [1.29, 1.82) is 0 Å². The Bertz CT molecular complexity index is 855. The molecular formula is C15H11F3N4O. The van der Waals surface area contributed by atoms with Crippen molar-refractivity contribution in [3.8, 4) is 0 Å². The van der Waals surface area contributed by atoms with Gasteiger partial charge in [-0.05, 0) is 18.2 Å². The molecule has 23 heavy (non-hydrogen) atoms. The van der Waals surface area contributed by atoms with Gasteiger partial charge in [0.05, 0.1) is 18.3 Å². The van der Waals surface area contributed by atoms with Gasteiger partial charge in [-0.3, -0.25) is 5.10 Å². The van der Waals surface area contributed by atoms with Crippen LogP contribution in [-0.4, -0.2) is 16.2 Å². The van der Waals surface area contributed by atoms with Gasteiger partial charge in [-0.1, -0.05) is 0 Å². The van der Waals surface area contributed by atoms with E-state index in [1.54, 1.807) is 24.4 Å². The van der Waals surface area contributed by atoms with Gasteiger partial charge in [-0.2, -0.15) is 5.10 Å². The Kier molecular flexibility index (Phi) is 3.88. The van der Waals surface area contributed by atoms with Crippen LogP contribution in [0.5, 0.6) is 0 Å². The molecule has 0 saturated heterocycles. The van der Waals surface area contributed by atoms with E-state index in [0.29, 0.717) is 17.8 Å². The van der Waals surface area contributed by atoms with E-state index < -0.39 is 35.6 Å². The first-order valence-corrected chi connectivity index (χ1v) is 6.64. The lowest BCUT2D eigenvalue weighted by atomic mass is 10.2. The molecule has 1 heterocycles. The molecule has 2 aromatic carbocycles. The van der Waals surface area contributed by atoms with Gasteiger partial charge in [0, 0.05) is 28.8 Å². The fourth-order valence-electron chi connectivity index (χ4n) is 2.11. The highest BCUT2D eigenvalue weighted by atomic mass is 19.1. The highest BCUT2D eigenvalue weighted by Crippen LogP contribution is 2.17. The minimum atomic E-state index is -1.05. The maximum Gasteiger partial charge on any atom is 0.319 e. The molecule has 118 valence electrons. The number of fused-ring (bicyclic) bond motifs is 1. The van der Waals surface area contributed by atoms with E-state index in [9.17, 15) is 18.0 Å². The fraction of sp³-hybridized carbons (Fsp3) is 0.0667. The van der Waals surface area contributed by atoms with Gasteiger partial charge in [0.15, 0.2) is 0 Å². The van der Waals surface area contributed by atoms with Gasteiger partial charge in [0.25, 0.3) is 0 Å². The molecule has 0 spiro atoms. The van der Waals surface area contributed by atoms with E-state index in [1.165, 1.54) is 0 Å². The predicted molar refractivity (Wildman–Crippen MR) is 78.3 cm³/mol. The Morgan fingerprint density at radius 2 is 1.87 bits per heavy atom. The average Bonchev–Trinajstić information content (AvgIpc) is 2.93. The summed E-state index contributed by atoms with van der Waals surface area (Å²) in [4.78, 5) is 11.8. The van der Waals surface area contributed by atoms with Crippen molar-refractivity contribution in [3.05, 3.63) is 59.5 Å². The van der Waals surface area contributed by atoms with Gasteiger partial charge >= 0.3 is 6.03 Å². The van der Waals surface area contributed by atoms with E-state index in [2.05, 4.69) is 20.8 Å². The Hall–Kier alpha value is -3.03. The number of aromatic amines is 1. The molecular weight excluding hydrogens is 309 g/mol. The van der Waals surface area contributed by atoms with E-state index in [0.717, 1.165) is 10.9 Å². The van der Waals surface area contributed by atoms with Crippen LogP contribution in [0.15, 0.2) is 36.5 Å². The van der Waals surface area contributed by atoms with Crippen LogP contribution < -0.4 is 10.6 Å². The maximum absolute atomic E-state index is 13.5. The summed E-state index contributed by atoms with van der Waals surface area (Å²) >= 11 is 0. The van der Waals surface area contributed by atoms with Crippen LogP contribution in [0.4, 0.5) is 23.7 Å². The van der Waals surface area contributed by atoms with Crippen molar-refractivity contribution < 1.29 is 18.0 Å². The smallest absolute Gasteiger partial charge is 0.319 e. The molecule has 0 saturated carbocycles. The molecule has 3 rings (SSSR count). The predicted octanol–water partition coefficient (Wildman–Crippen LogP) is 3.30. The molecule has 0 unspecified atom stereocenters. The van der Waals surface area contributed by atoms with Crippen LogP contribution in [0.25, 0.3) is 10.9 Å². The molecule has 0 aliphatic heterocycles. The number of nitrogens with one attached hydrogen (secondary N) is 3. The zero-order chi connectivity index (χ0) is 16.4. The molecule has 0 aliphatic rings. The second kappa shape index (κ2) is 5.99. The normalized spacial score (nSPS) is 10.7. The van der Waals surface area contributed by atoms with E-state index >= 15 is 0 Å². The van der Waals surface area contributed by atoms with E-state index in [4.69, 9.17) is 0 Å². The Morgan fingerprint density at radius 3 is 2.61 bits per heavy atom. The average molecular weight is 320 g/mol. The number of nitrogens with zero attached hydrogens (tertiary/aromatic N) is 1. The Labute approximate surface area is 128 Å². The van der Waals surface area contributed by atoms with Gasteiger partial charge in [0.1, 0.15) is 17.5 Å². The van der Waals surface area contributed by atoms with Crippen molar-refractivity contribution in [2.24, 2.45) is 0 Å². The number of urea groups is 1. The fourth-order valence-corrected chi connectivity index (χ4v) is 2.11. The summed E-state index contributed by atoms with van der Waals surface area (Å²) in [5.74, 6) is -3.12. The molecule has 3 aromatic rings. The molecule has 1 aromatic heterocycles. The van der Waals surface area contributed by atoms with Crippen molar-refractivity contribution in [1.82, 2.24) is 15.5 Å². The first-order chi connectivity index (χ1) is 11.0. The quantitative estimate of drug-likeness (QED) is 0.693. The number of carbonyl (C=O) groups is 1. The molecule has 0 bridgehead atoms. The zero-order valence-electron chi connectivity index (χ0n) is 11.7. The van der Waals surface area contributed by atoms with Crippen molar-refractivity contribution in [3.63, 3.8) is 0 Å². The standard InChI is InChI=1S/C15H11F3N4O/c16-9-4-12(17)11(13(18)5-9)7-19-15(23)21-10-1-2-14-8(3-10)6-20-22-14/h1-6H,7H2,(H,20,22)(H2,19,21,23). The first-order valence-electron chi connectivity index (χ1n) is 6.64. The van der Waals surface area contributed by atoms with Gasteiger partial charge in [-0.15, -0.1) is 0 Å². The maximum atomic E-state index is 13.5. The number of amides is 2. The van der Waals surface area contributed by atoms with Crippen LogP contribution in [0.2, 0.25) is 0 Å². The highest BCUT2D eigenvalue weighted by molar-refractivity contribution is 5.92. The molecule has 3 N–H and O–H groups in total. The lowest BCUT2D eigenvalue weighted by molar-refractivity contribution is 0.251. The summed E-state index contributed by atoms with van der Waals surface area (Å²) in [7, 11) is 0. The third kappa shape index (κ3) is 3.25. The van der Waals surface area contributed by atoms with E-state index in [1.807, 2.05) is 0 Å². The Balaban J connectivity index is 1.65. The number of carbonyl (C=O) groups excluding carboxylic acids is 1. The molecule has 0 atom stereocenters. The largest absolute Gasteiger partial charge is 0.334 e. The number of hydrogen-bond acceptors (Lipinski definition) is 2. The number of hydrogen-bond donors (Lipinski definition) is 3. The zero-order valence-corrected chi connectivity index (χ0v) is 11.7. The van der Waals surface area contributed by atoms with Crippen LogP contribution in [0.1, 0.15) is 5.56 Å². The molecule has 2 amide bonds. The van der Waals surface area contributed by atoms with Gasteiger partial charge in [0.2, 0.25) is 0 Å². The molecule has 5 nitrogen and oxygen atoms in total. The second-order valence-electron chi connectivity index (χ2n) is 4.83. The summed E-state index contributed by atoms with van der Waals surface area (Å²) in [6.07, 6.45) is 1.60. The third-order valence-electron chi connectivity index (χ3n) is 3.23. The van der Waals surface area contributed by atoms with Crippen molar-refractivity contribution in [2.75, 3.05) is 5.32 Å². The topological polar surface area (TPSA) is 69.8 Å². The summed E-state index contributed by atoms with van der Waals surface area (Å²) in [6, 6.07) is 5.56. The van der Waals surface area contributed by atoms with Crippen LogP contribution in [-0.2, 0) is 6.54 Å². The molecule has 0 fully saturated rings. The van der Waals surface area contributed by atoms with Crippen LogP contribution >= 0.6 is 0 Å². The minimum absolute atomic E-state index is 0.405. The Morgan fingerprint density at radius 1 is 1.13 bits per heavy atom. The van der Waals surface area contributed by atoms with E-state index in [-0.39, 0.29) is 0 Å². The number of rotatable bonds is 3. The second-order valence-corrected chi connectivity index (χ2v) is 4.83. The number of halogens is 3. The summed E-state index contributed by atoms with van der Waals surface area (Å²) in [5.41, 5.74) is 0.898. The summed E-state index contributed by atoms with van der Waals surface area (Å²) in [5, 5.41) is 12.3. The highest BCUT2D eigenvalue weighted by Gasteiger charge is 2.12. The van der Waals surface area contributed by atoms with Crippen LogP contribution in [0, 0.1) is 17.5 Å².